The smallest absolute Gasteiger partial charge is 0.0981 e. The topological polar surface area (TPSA) is 27.3 Å². The second kappa shape index (κ2) is 5.81. The Labute approximate surface area is 93.2 Å². The van der Waals surface area contributed by atoms with Crippen molar-refractivity contribution in [1.82, 2.24) is 15.5 Å². The summed E-state index contributed by atoms with van der Waals surface area (Å²) in [6.07, 6.45) is 2.40. The predicted octanol–water partition coefficient (Wildman–Crippen LogP) is 1.65. The second-order valence-corrected chi connectivity index (χ2v) is 4.24. The van der Waals surface area contributed by atoms with Crippen LogP contribution in [-0.2, 0) is 0 Å². The van der Waals surface area contributed by atoms with Crippen molar-refractivity contribution in [1.29, 1.82) is 0 Å². The first kappa shape index (κ1) is 12.1. The van der Waals surface area contributed by atoms with Crippen molar-refractivity contribution < 1.29 is 0 Å². The van der Waals surface area contributed by atoms with Crippen LogP contribution in [0.2, 0.25) is 0 Å². The fourth-order valence-electron chi connectivity index (χ4n) is 1.85. The molecule has 1 rings (SSSR count). The van der Waals surface area contributed by atoms with E-state index in [1.54, 1.807) is 0 Å². The van der Waals surface area contributed by atoms with Crippen LogP contribution >= 0.6 is 0 Å². The van der Waals surface area contributed by atoms with E-state index in [0.717, 1.165) is 31.2 Å². The van der Waals surface area contributed by atoms with E-state index in [4.69, 9.17) is 0 Å². The summed E-state index contributed by atoms with van der Waals surface area (Å²) in [7, 11) is 0. The molecule has 0 amide bonds. The average molecular weight is 209 g/mol. The molecule has 1 aliphatic heterocycles. The van der Waals surface area contributed by atoms with Crippen LogP contribution in [-0.4, -0.2) is 30.6 Å². The number of rotatable bonds is 6. The van der Waals surface area contributed by atoms with Gasteiger partial charge >= 0.3 is 0 Å². The second-order valence-electron chi connectivity index (χ2n) is 4.24. The molecular formula is C12H23N3. The third-order valence-electron chi connectivity index (χ3n) is 2.61. The van der Waals surface area contributed by atoms with Gasteiger partial charge < -0.3 is 15.5 Å². The Morgan fingerprint density at radius 2 is 2.20 bits per heavy atom. The molecule has 86 valence electrons. The first-order chi connectivity index (χ1) is 7.13. The molecule has 1 aliphatic rings. The minimum atomic E-state index is 0.619. The number of likely N-dealkylation sites (tertiary alicyclic amines) is 1. The summed E-state index contributed by atoms with van der Waals surface area (Å²) in [6.45, 7) is 15.2. The minimum absolute atomic E-state index is 0.619. The third-order valence-corrected chi connectivity index (χ3v) is 2.61. The summed E-state index contributed by atoms with van der Waals surface area (Å²) in [6, 6.07) is 0.619. The molecule has 0 radical (unpaired) electrons. The van der Waals surface area contributed by atoms with E-state index >= 15 is 0 Å². The van der Waals surface area contributed by atoms with E-state index in [1.165, 1.54) is 12.8 Å². The quantitative estimate of drug-likeness (QED) is 0.696. The lowest BCUT2D eigenvalue weighted by Crippen LogP contribution is -2.34. The summed E-state index contributed by atoms with van der Waals surface area (Å²) in [5.41, 5.74) is 0.949. The zero-order valence-electron chi connectivity index (χ0n) is 9.97. The summed E-state index contributed by atoms with van der Waals surface area (Å²) in [4.78, 5) is 2.28. The lowest BCUT2D eigenvalue weighted by atomic mass is 10.2. The largest absolute Gasteiger partial charge is 0.357 e. The van der Waals surface area contributed by atoms with Crippen LogP contribution in [0.25, 0.3) is 0 Å². The molecule has 2 N–H and O–H groups in total. The standard InChI is InChI=1S/C12H23N3/c1-5-7-13-12-6-8-15(9-12)11(4)14-10(2)3/h12-14H,2,4-9H2,1,3H3. The summed E-state index contributed by atoms with van der Waals surface area (Å²) in [5.74, 6) is 0.975. The first-order valence-electron chi connectivity index (χ1n) is 5.73. The van der Waals surface area contributed by atoms with Crippen molar-refractivity contribution in [2.45, 2.75) is 32.7 Å². The Morgan fingerprint density at radius 3 is 2.80 bits per heavy atom. The molecule has 1 unspecified atom stereocenters. The maximum atomic E-state index is 4.02. The zero-order chi connectivity index (χ0) is 11.3. The highest BCUT2D eigenvalue weighted by atomic mass is 15.3. The van der Waals surface area contributed by atoms with Crippen LogP contribution in [0.1, 0.15) is 26.7 Å². The van der Waals surface area contributed by atoms with E-state index in [1.807, 2.05) is 6.92 Å². The predicted molar refractivity (Wildman–Crippen MR) is 65.4 cm³/mol. The van der Waals surface area contributed by atoms with E-state index in [0.29, 0.717) is 6.04 Å². The maximum Gasteiger partial charge on any atom is 0.0981 e. The van der Waals surface area contributed by atoms with Crippen molar-refractivity contribution in [2.75, 3.05) is 19.6 Å². The number of hydrogen-bond donors (Lipinski definition) is 2. The normalized spacial score (nSPS) is 20.4. The highest BCUT2D eigenvalue weighted by Gasteiger charge is 2.22. The number of allylic oxidation sites excluding steroid dienone is 1. The molecule has 0 aromatic heterocycles. The van der Waals surface area contributed by atoms with Crippen LogP contribution in [0, 0.1) is 0 Å². The fraction of sp³-hybridized carbons (Fsp3) is 0.667. The maximum absolute atomic E-state index is 4.02. The van der Waals surface area contributed by atoms with Crippen molar-refractivity contribution in [2.24, 2.45) is 0 Å². The Hall–Kier alpha value is -0.960. The Bertz CT molecular complexity index is 235. The lowest BCUT2D eigenvalue weighted by Gasteiger charge is -2.22. The van der Waals surface area contributed by atoms with Crippen LogP contribution in [0.5, 0.6) is 0 Å². The fourth-order valence-corrected chi connectivity index (χ4v) is 1.85. The monoisotopic (exact) mass is 209 g/mol. The van der Waals surface area contributed by atoms with Gasteiger partial charge in [0, 0.05) is 24.8 Å². The molecule has 1 fully saturated rings. The van der Waals surface area contributed by atoms with Gasteiger partial charge in [-0.2, -0.15) is 0 Å². The molecule has 1 heterocycles. The molecule has 3 nitrogen and oxygen atoms in total. The van der Waals surface area contributed by atoms with E-state index in [2.05, 4.69) is 35.6 Å². The van der Waals surface area contributed by atoms with Gasteiger partial charge in [0.2, 0.25) is 0 Å². The highest BCUT2D eigenvalue weighted by Crippen LogP contribution is 2.13. The van der Waals surface area contributed by atoms with Gasteiger partial charge in [0.25, 0.3) is 0 Å². The van der Waals surface area contributed by atoms with E-state index in [-0.39, 0.29) is 0 Å². The lowest BCUT2D eigenvalue weighted by molar-refractivity contribution is 0.386. The molecule has 1 atom stereocenters. The molecule has 0 aromatic rings. The van der Waals surface area contributed by atoms with Crippen molar-refractivity contribution in [3.05, 3.63) is 24.7 Å². The van der Waals surface area contributed by atoms with Crippen molar-refractivity contribution in [3.8, 4) is 0 Å². The number of hydrogen-bond acceptors (Lipinski definition) is 3. The van der Waals surface area contributed by atoms with Gasteiger partial charge in [0.15, 0.2) is 0 Å². The van der Waals surface area contributed by atoms with Gasteiger partial charge in [-0.3, -0.25) is 0 Å². The molecule has 0 spiro atoms. The molecule has 3 heteroatoms. The zero-order valence-corrected chi connectivity index (χ0v) is 9.97. The highest BCUT2D eigenvalue weighted by molar-refractivity contribution is 5.04. The van der Waals surface area contributed by atoms with Crippen LogP contribution in [0.15, 0.2) is 24.7 Å². The van der Waals surface area contributed by atoms with Gasteiger partial charge in [-0.25, -0.2) is 0 Å². The van der Waals surface area contributed by atoms with Gasteiger partial charge in [0.1, 0.15) is 0 Å². The summed E-state index contributed by atoms with van der Waals surface area (Å²) in [5, 5.41) is 6.71. The van der Waals surface area contributed by atoms with E-state index in [9.17, 15) is 0 Å². The van der Waals surface area contributed by atoms with Gasteiger partial charge in [-0.05, 0) is 26.3 Å². The molecule has 0 bridgehead atoms. The van der Waals surface area contributed by atoms with Crippen LogP contribution < -0.4 is 10.6 Å². The third kappa shape index (κ3) is 3.96. The van der Waals surface area contributed by atoms with Gasteiger partial charge in [-0.1, -0.05) is 20.1 Å². The molecule has 0 aromatic carbocycles. The first-order valence-corrected chi connectivity index (χ1v) is 5.73. The van der Waals surface area contributed by atoms with E-state index < -0.39 is 0 Å². The van der Waals surface area contributed by atoms with Crippen molar-refractivity contribution >= 4 is 0 Å². The Balaban J connectivity index is 2.29. The van der Waals surface area contributed by atoms with Gasteiger partial charge in [0.05, 0.1) is 5.82 Å². The number of nitrogens with zero attached hydrogens (tertiary/aromatic N) is 1. The molecule has 1 saturated heterocycles. The molecule has 15 heavy (non-hydrogen) atoms. The average Bonchev–Trinajstić information content (AvgIpc) is 2.62. The summed E-state index contributed by atoms with van der Waals surface area (Å²) >= 11 is 0. The summed E-state index contributed by atoms with van der Waals surface area (Å²) < 4.78 is 0. The molecular weight excluding hydrogens is 186 g/mol. The molecule has 0 aliphatic carbocycles. The van der Waals surface area contributed by atoms with Gasteiger partial charge in [-0.15, -0.1) is 0 Å². The minimum Gasteiger partial charge on any atom is -0.357 e. The Morgan fingerprint density at radius 1 is 1.47 bits per heavy atom. The van der Waals surface area contributed by atoms with Crippen LogP contribution in [0.4, 0.5) is 0 Å². The number of nitrogens with one attached hydrogen (secondary N) is 2. The molecule has 0 saturated carbocycles. The van der Waals surface area contributed by atoms with Crippen LogP contribution in [0.3, 0.4) is 0 Å². The van der Waals surface area contributed by atoms with Crippen molar-refractivity contribution in [3.63, 3.8) is 0 Å². The Kier molecular flexibility index (Phi) is 4.69. The SMILES string of the molecule is C=C(C)NC(=C)N1CCC(NCCC)C1.